The molecule has 0 spiro atoms. The van der Waals surface area contributed by atoms with Crippen LogP contribution in [0.2, 0.25) is 0 Å². The first-order valence-corrected chi connectivity index (χ1v) is 5.53. The Kier molecular flexibility index (Phi) is 3.13. The predicted molar refractivity (Wildman–Crippen MR) is 61.5 cm³/mol. The molecule has 0 amide bonds. The van der Waals surface area contributed by atoms with Crippen molar-refractivity contribution in [1.82, 2.24) is 0 Å². The van der Waals surface area contributed by atoms with Crippen LogP contribution in [0.25, 0.3) is 11.0 Å². The third kappa shape index (κ3) is 2.30. The van der Waals surface area contributed by atoms with Gasteiger partial charge in [-0.25, -0.2) is 4.39 Å². The van der Waals surface area contributed by atoms with E-state index < -0.39 is 11.9 Å². The molecule has 0 aliphatic rings. The SMILES string of the molecule is CCCC(C(=O)O)c1cc2cc(F)ccc2o1. The van der Waals surface area contributed by atoms with Crippen molar-refractivity contribution >= 4 is 16.9 Å². The van der Waals surface area contributed by atoms with Gasteiger partial charge in [0.25, 0.3) is 0 Å². The lowest BCUT2D eigenvalue weighted by atomic mass is 10.0. The molecule has 0 saturated heterocycles. The van der Waals surface area contributed by atoms with Crippen molar-refractivity contribution in [3.05, 3.63) is 35.8 Å². The summed E-state index contributed by atoms with van der Waals surface area (Å²) in [6, 6.07) is 5.75. The van der Waals surface area contributed by atoms with Crippen molar-refractivity contribution in [2.24, 2.45) is 0 Å². The number of carboxylic acid groups (broad SMARTS) is 1. The monoisotopic (exact) mass is 236 g/mol. The highest BCUT2D eigenvalue weighted by molar-refractivity contribution is 5.81. The summed E-state index contributed by atoms with van der Waals surface area (Å²) >= 11 is 0. The highest BCUT2D eigenvalue weighted by Gasteiger charge is 2.22. The van der Waals surface area contributed by atoms with Gasteiger partial charge in [0.05, 0.1) is 0 Å². The van der Waals surface area contributed by atoms with Gasteiger partial charge >= 0.3 is 5.97 Å². The van der Waals surface area contributed by atoms with Crippen LogP contribution in [0, 0.1) is 5.82 Å². The topological polar surface area (TPSA) is 50.4 Å². The van der Waals surface area contributed by atoms with E-state index in [1.807, 2.05) is 6.92 Å². The molecule has 3 nitrogen and oxygen atoms in total. The van der Waals surface area contributed by atoms with E-state index in [0.29, 0.717) is 23.2 Å². The van der Waals surface area contributed by atoms with Crippen molar-refractivity contribution in [2.75, 3.05) is 0 Å². The molecular formula is C13H13FO3. The Morgan fingerprint density at radius 1 is 1.47 bits per heavy atom. The lowest BCUT2D eigenvalue weighted by Crippen LogP contribution is -2.10. The molecule has 90 valence electrons. The summed E-state index contributed by atoms with van der Waals surface area (Å²) < 4.78 is 18.4. The van der Waals surface area contributed by atoms with Gasteiger partial charge in [0.2, 0.25) is 0 Å². The van der Waals surface area contributed by atoms with E-state index in [2.05, 4.69) is 0 Å². The van der Waals surface area contributed by atoms with Gasteiger partial charge in [0.1, 0.15) is 23.1 Å². The number of carbonyl (C=O) groups is 1. The third-order valence-corrected chi connectivity index (χ3v) is 2.72. The maximum absolute atomic E-state index is 13.0. The Morgan fingerprint density at radius 3 is 2.88 bits per heavy atom. The Hall–Kier alpha value is -1.84. The number of benzene rings is 1. The summed E-state index contributed by atoms with van der Waals surface area (Å²) in [5.41, 5.74) is 0.517. The van der Waals surface area contributed by atoms with Gasteiger partial charge in [-0.2, -0.15) is 0 Å². The van der Waals surface area contributed by atoms with Crippen molar-refractivity contribution < 1.29 is 18.7 Å². The Labute approximate surface area is 97.9 Å². The number of rotatable bonds is 4. The minimum Gasteiger partial charge on any atom is -0.481 e. The first-order chi connectivity index (χ1) is 8.11. The van der Waals surface area contributed by atoms with Crippen LogP contribution in [-0.4, -0.2) is 11.1 Å². The Morgan fingerprint density at radius 2 is 2.24 bits per heavy atom. The zero-order valence-corrected chi connectivity index (χ0v) is 9.44. The zero-order valence-electron chi connectivity index (χ0n) is 9.44. The fraction of sp³-hybridized carbons (Fsp3) is 0.308. The summed E-state index contributed by atoms with van der Waals surface area (Å²) in [6.45, 7) is 1.91. The third-order valence-electron chi connectivity index (χ3n) is 2.72. The molecule has 1 unspecified atom stereocenters. The number of hydrogen-bond donors (Lipinski definition) is 1. The predicted octanol–water partition coefficient (Wildman–Crippen LogP) is 3.54. The largest absolute Gasteiger partial charge is 0.481 e. The number of aliphatic carboxylic acids is 1. The van der Waals surface area contributed by atoms with E-state index in [1.54, 1.807) is 6.07 Å². The van der Waals surface area contributed by atoms with E-state index in [4.69, 9.17) is 9.52 Å². The molecule has 0 aliphatic carbocycles. The van der Waals surface area contributed by atoms with E-state index in [1.165, 1.54) is 18.2 Å². The van der Waals surface area contributed by atoms with Gasteiger partial charge in [0, 0.05) is 5.39 Å². The summed E-state index contributed by atoms with van der Waals surface area (Å²) in [5, 5.41) is 9.70. The summed E-state index contributed by atoms with van der Waals surface area (Å²) in [6.07, 6.45) is 1.26. The maximum Gasteiger partial charge on any atom is 0.314 e. The van der Waals surface area contributed by atoms with Gasteiger partial charge in [-0.15, -0.1) is 0 Å². The highest BCUT2D eigenvalue weighted by atomic mass is 19.1. The summed E-state index contributed by atoms with van der Waals surface area (Å²) in [7, 11) is 0. The number of fused-ring (bicyclic) bond motifs is 1. The van der Waals surface area contributed by atoms with Crippen molar-refractivity contribution in [2.45, 2.75) is 25.7 Å². The average molecular weight is 236 g/mol. The van der Waals surface area contributed by atoms with Crippen LogP contribution in [0.1, 0.15) is 31.4 Å². The van der Waals surface area contributed by atoms with Gasteiger partial charge in [-0.05, 0) is 30.7 Å². The smallest absolute Gasteiger partial charge is 0.314 e. The average Bonchev–Trinajstić information content (AvgIpc) is 2.67. The van der Waals surface area contributed by atoms with Gasteiger partial charge < -0.3 is 9.52 Å². The van der Waals surface area contributed by atoms with E-state index >= 15 is 0 Å². The van der Waals surface area contributed by atoms with E-state index in [-0.39, 0.29) is 5.82 Å². The minimum atomic E-state index is -0.911. The minimum absolute atomic E-state index is 0.354. The second-order valence-corrected chi connectivity index (χ2v) is 4.01. The molecule has 1 N–H and O–H groups in total. The fourth-order valence-electron chi connectivity index (χ4n) is 1.88. The van der Waals surface area contributed by atoms with Gasteiger partial charge in [0.15, 0.2) is 0 Å². The van der Waals surface area contributed by atoms with Crippen LogP contribution in [0.3, 0.4) is 0 Å². The maximum atomic E-state index is 13.0. The lowest BCUT2D eigenvalue weighted by Gasteiger charge is -2.06. The first-order valence-electron chi connectivity index (χ1n) is 5.53. The standard InChI is InChI=1S/C13H13FO3/c1-2-3-10(13(15)16)12-7-8-6-9(14)4-5-11(8)17-12/h4-7,10H,2-3H2,1H3,(H,15,16). The van der Waals surface area contributed by atoms with Crippen LogP contribution in [0.15, 0.2) is 28.7 Å². The van der Waals surface area contributed by atoms with E-state index in [0.717, 1.165) is 6.42 Å². The molecular weight excluding hydrogens is 223 g/mol. The second-order valence-electron chi connectivity index (χ2n) is 4.01. The highest BCUT2D eigenvalue weighted by Crippen LogP contribution is 2.28. The van der Waals surface area contributed by atoms with Crippen molar-refractivity contribution in [3.8, 4) is 0 Å². The molecule has 17 heavy (non-hydrogen) atoms. The lowest BCUT2D eigenvalue weighted by molar-refractivity contribution is -0.139. The van der Waals surface area contributed by atoms with Crippen LogP contribution in [-0.2, 0) is 4.79 Å². The molecule has 0 aliphatic heterocycles. The van der Waals surface area contributed by atoms with E-state index in [9.17, 15) is 9.18 Å². The molecule has 0 saturated carbocycles. The first kappa shape index (κ1) is 11.6. The normalized spacial score (nSPS) is 12.8. The molecule has 4 heteroatoms. The van der Waals surface area contributed by atoms with Crippen LogP contribution in [0.5, 0.6) is 0 Å². The molecule has 0 fully saturated rings. The zero-order chi connectivity index (χ0) is 12.4. The number of halogens is 1. The summed E-state index contributed by atoms with van der Waals surface area (Å²) in [4.78, 5) is 11.1. The molecule has 1 aromatic carbocycles. The van der Waals surface area contributed by atoms with Crippen LogP contribution >= 0.6 is 0 Å². The molecule has 1 heterocycles. The number of hydrogen-bond acceptors (Lipinski definition) is 2. The number of carboxylic acids is 1. The fourth-order valence-corrected chi connectivity index (χ4v) is 1.88. The molecule has 2 aromatic rings. The van der Waals surface area contributed by atoms with Crippen molar-refractivity contribution in [1.29, 1.82) is 0 Å². The Bertz CT molecular complexity index is 545. The van der Waals surface area contributed by atoms with Crippen LogP contribution in [0.4, 0.5) is 4.39 Å². The second kappa shape index (κ2) is 4.57. The number of furan rings is 1. The van der Waals surface area contributed by atoms with Gasteiger partial charge in [-0.1, -0.05) is 13.3 Å². The van der Waals surface area contributed by atoms with Gasteiger partial charge in [-0.3, -0.25) is 4.79 Å². The quantitative estimate of drug-likeness (QED) is 0.883. The van der Waals surface area contributed by atoms with Crippen molar-refractivity contribution in [3.63, 3.8) is 0 Å². The van der Waals surface area contributed by atoms with Crippen LogP contribution < -0.4 is 0 Å². The molecule has 1 atom stereocenters. The Balaban J connectivity index is 2.43. The molecule has 2 rings (SSSR count). The molecule has 1 aromatic heterocycles. The molecule has 0 radical (unpaired) electrons. The summed E-state index contributed by atoms with van der Waals surface area (Å²) in [5.74, 6) is -1.53. The molecule has 0 bridgehead atoms.